The van der Waals surface area contributed by atoms with Crippen molar-refractivity contribution in [2.75, 3.05) is 18.9 Å². The quantitative estimate of drug-likeness (QED) is 0.446. The molecule has 2 N–H and O–H groups in total. The van der Waals surface area contributed by atoms with E-state index in [0.717, 1.165) is 13.1 Å². The van der Waals surface area contributed by atoms with Gasteiger partial charge in [-0.2, -0.15) is 13.2 Å². The first-order valence-corrected chi connectivity index (χ1v) is 12.4. The highest BCUT2D eigenvalue weighted by molar-refractivity contribution is 6.01. The molecule has 0 saturated heterocycles. The number of nitrogens with zero attached hydrogens (tertiary/aromatic N) is 3. The van der Waals surface area contributed by atoms with Crippen LogP contribution in [0.1, 0.15) is 65.8 Å². The molecule has 0 radical (unpaired) electrons. The summed E-state index contributed by atoms with van der Waals surface area (Å²) in [5, 5.41) is 11.8. The van der Waals surface area contributed by atoms with E-state index in [-0.39, 0.29) is 35.5 Å². The van der Waals surface area contributed by atoms with Crippen molar-refractivity contribution >= 4 is 23.4 Å². The molecule has 0 spiro atoms. The van der Waals surface area contributed by atoms with Gasteiger partial charge in [-0.05, 0) is 67.9 Å². The van der Waals surface area contributed by atoms with Crippen molar-refractivity contribution in [3.63, 3.8) is 0 Å². The number of alkyl halides is 5. The number of nitrogens with one attached hydrogen (secondary N) is 2. The largest absolute Gasteiger partial charge is 0.406 e. The molecule has 40 heavy (non-hydrogen) atoms. The second kappa shape index (κ2) is 11.8. The van der Waals surface area contributed by atoms with E-state index < -0.39 is 72.9 Å². The van der Waals surface area contributed by atoms with Crippen LogP contribution in [0.2, 0.25) is 0 Å². The second-order valence-electron chi connectivity index (χ2n) is 10.1. The van der Waals surface area contributed by atoms with Crippen LogP contribution in [0.3, 0.4) is 0 Å². The fraction of sp³-hybridized carbons (Fsp3) is 0.560. The lowest BCUT2D eigenvalue weighted by Gasteiger charge is -2.33. The zero-order valence-corrected chi connectivity index (χ0v) is 22.2. The maximum absolute atomic E-state index is 15.1. The summed E-state index contributed by atoms with van der Waals surface area (Å²) in [6.07, 6.45) is -5.79. The van der Waals surface area contributed by atoms with Gasteiger partial charge in [0.05, 0.1) is 11.6 Å². The highest BCUT2D eigenvalue weighted by Crippen LogP contribution is 2.38. The Morgan fingerprint density at radius 3 is 2.33 bits per heavy atom. The normalized spacial score (nSPS) is 17.1. The van der Waals surface area contributed by atoms with E-state index in [1.807, 2.05) is 0 Å². The predicted molar refractivity (Wildman–Crippen MR) is 129 cm³/mol. The van der Waals surface area contributed by atoms with Gasteiger partial charge in [-0.1, -0.05) is 5.16 Å². The van der Waals surface area contributed by atoms with Gasteiger partial charge in [-0.25, -0.2) is 17.8 Å². The highest BCUT2D eigenvalue weighted by Gasteiger charge is 2.41. The molecule has 1 unspecified atom stereocenters. The molecule has 1 aliphatic rings. The number of likely N-dealkylation sites (N-methyl/N-ethyl adjacent to an activating group) is 1. The number of hydrogen-bond donors (Lipinski definition) is 2. The van der Waals surface area contributed by atoms with E-state index in [9.17, 15) is 36.3 Å². The van der Waals surface area contributed by atoms with Crippen molar-refractivity contribution in [1.82, 2.24) is 20.5 Å². The van der Waals surface area contributed by atoms with Crippen LogP contribution in [0.4, 0.5) is 32.0 Å². The van der Waals surface area contributed by atoms with E-state index in [2.05, 4.69) is 25.6 Å². The van der Waals surface area contributed by atoms with Crippen LogP contribution in [-0.4, -0.2) is 64.7 Å². The number of aryl methyl sites for hydroxylation is 2. The van der Waals surface area contributed by atoms with Crippen LogP contribution in [0.25, 0.3) is 0 Å². The molecular formula is C25H29F6N5O4. The maximum Gasteiger partial charge on any atom is 0.406 e. The van der Waals surface area contributed by atoms with Gasteiger partial charge >= 0.3 is 6.18 Å². The molecule has 0 bridgehead atoms. The highest BCUT2D eigenvalue weighted by atomic mass is 19.4. The Kier molecular flexibility index (Phi) is 9.14. The number of halogens is 6. The summed E-state index contributed by atoms with van der Waals surface area (Å²) < 4.78 is 85.2. The number of amides is 3. The van der Waals surface area contributed by atoms with Gasteiger partial charge in [0.25, 0.3) is 5.91 Å². The summed E-state index contributed by atoms with van der Waals surface area (Å²) in [4.78, 5) is 39.0. The SMILES string of the molecule is Cc1cc(NC(=O)[C@@H](NC(=O)c2nonc2C)C2CCC(F)(F)CC2)c(F)cc1C(C)C(=O)N(C)CC(F)(F)F. The van der Waals surface area contributed by atoms with Crippen molar-refractivity contribution in [1.29, 1.82) is 0 Å². The molecule has 1 aromatic carbocycles. The molecule has 9 nitrogen and oxygen atoms in total. The van der Waals surface area contributed by atoms with E-state index in [1.54, 1.807) is 0 Å². The molecule has 1 aliphatic carbocycles. The zero-order valence-electron chi connectivity index (χ0n) is 22.2. The molecule has 0 aliphatic heterocycles. The molecule has 3 rings (SSSR count). The Hall–Kier alpha value is -3.65. The Morgan fingerprint density at radius 2 is 1.77 bits per heavy atom. The number of carbonyl (C=O) groups is 3. The van der Waals surface area contributed by atoms with Gasteiger partial charge in [-0.15, -0.1) is 0 Å². The molecule has 3 amide bonds. The van der Waals surface area contributed by atoms with Crippen LogP contribution >= 0.6 is 0 Å². The number of hydrogen-bond acceptors (Lipinski definition) is 6. The number of aromatic nitrogens is 2. The van der Waals surface area contributed by atoms with Gasteiger partial charge in [0, 0.05) is 19.9 Å². The fourth-order valence-electron chi connectivity index (χ4n) is 4.72. The standard InChI is InChI=1S/C25H29F6N5O4/c1-12-9-18(17(26)10-16(12)13(2)23(39)36(4)11-25(29,30)31)32-22(38)20(15-5-7-24(27,28)8-6-15)33-21(37)19-14(3)34-40-35-19/h9-10,13,15,20H,5-8,11H2,1-4H3,(H,32,38)(H,33,37)/t13?,20-/m0/s1. The van der Waals surface area contributed by atoms with E-state index in [0.29, 0.717) is 10.5 Å². The van der Waals surface area contributed by atoms with Crippen LogP contribution in [0.15, 0.2) is 16.8 Å². The second-order valence-corrected chi connectivity index (χ2v) is 10.1. The minimum absolute atomic E-state index is 0.0903. The Bertz CT molecular complexity index is 1250. The topological polar surface area (TPSA) is 117 Å². The molecule has 220 valence electrons. The first-order chi connectivity index (χ1) is 18.5. The minimum atomic E-state index is -4.61. The average molecular weight is 578 g/mol. The molecule has 1 saturated carbocycles. The van der Waals surface area contributed by atoms with Gasteiger partial charge < -0.3 is 15.5 Å². The number of rotatable bonds is 8. The predicted octanol–water partition coefficient (Wildman–Crippen LogP) is 4.51. The third-order valence-corrected chi connectivity index (χ3v) is 6.91. The third kappa shape index (κ3) is 7.50. The van der Waals surface area contributed by atoms with Gasteiger partial charge in [0.2, 0.25) is 17.7 Å². The van der Waals surface area contributed by atoms with Crippen molar-refractivity contribution in [2.45, 2.75) is 70.5 Å². The molecule has 2 atom stereocenters. The number of anilines is 1. The van der Waals surface area contributed by atoms with E-state index in [4.69, 9.17) is 0 Å². The average Bonchev–Trinajstić information content (AvgIpc) is 3.28. The summed E-state index contributed by atoms with van der Waals surface area (Å²) in [6, 6.07) is 0.805. The molecule has 2 aromatic rings. The molecular weight excluding hydrogens is 548 g/mol. The Balaban J connectivity index is 1.82. The van der Waals surface area contributed by atoms with Crippen molar-refractivity contribution < 1.29 is 45.4 Å². The Morgan fingerprint density at radius 1 is 1.15 bits per heavy atom. The summed E-state index contributed by atoms with van der Waals surface area (Å²) in [5.41, 5.74) is 0.0189. The van der Waals surface area contributed by atoms with Crippen LogP contribution in [-0.2, 0) is 9.59 Å². The number of carbonyl (C=O) groups excluding carboxylic acids is 3. The van der Waals surface area contributed by atoms with E-state index >= 15 is 4.39 Å². The van der Waals surface area contributed by atoms with Crippen LogP contribution in [0.5, 0.6) is 0 Å². The lowest BCUT2D eigenvalue weighted by atomic mass is 9.81. The van der Waals surface area contributed by atoms with Crippen molar-refractivity contribution in [2.24, 2.45) is 5.92 Å². The van der Waals surface area contributed by atoms with E-state index in [1.165, 1.54) is 26.8 Å². The molecule has 1 aromatic heterocycles. The van der Waals surface area contributed by atoms with Crippen molar-refractivity contribution in [3.05, 3.63) is 40.5 Å². The van der Waals surface area contributed by atoms with Crippen molar-refractivity contribution in [3.8, 4) is 0 Å². The lowest BCUT2D eigenvalue weighted by Crippen LogP contribution is -2.50. The smallest absolute Gasteiger partial charge is 0.338 e. The fourth-order valence-corrected chi connectivity index (χ4v) is 4.72. The van der Waals surface area contributed by atoms with Gasteiger partial charge in [0.1, 0.15) is 24.1 Å². The summed E-state index contributed by atoms with van der Waals surface area (Å²) in [7, 11) is 0.985. The van der Waals surface area contributed by atoms with Crippen LogP contribution < -0.4 is 10.6 Å². The maximum atomic E-state index is 15.1. The first-order valence-electron chi connectivity index (χ1n) is 12.4. The monoisotopic (exact) mass is 577 g/mol. The van der Waals surface area contributed by atoms with Gasteiger partial charge in [-0.3, -0.25) is 14.4 Å². The first kappa shape index (κ1) is 30.9. The Labute approximate surface area is 225 Å². The zero-order chi connectivity index (χ0) is 30.0. The van der Waals surface area contributed by atoms with Gasteiger partial charge in [0.15, 0.2) is 5.69 Å². The summed E-state index contributed by atoms with van der Waals surface area (Å²) in [5.74, 6) is -8.31. The molecule has 1 fully saturated rings. The minimum Gasteiger partial charge on any atom is -0.338 e. The summed E-state index contributed by atoms with van der Waals surface area (Å²) >= 11 is 0. The third-order valence-electron chi connectivity index (χ3n) is 6.91. The summed E-state index contributed by atoms with van der Waals surface area (Å²) in [6.45, 7) is 2.78. The van der Waals surface area contributed by atoms with Crippen LogP contribution in [0, 0.1) is 25.6 Å². The number of benzene rings is 1. The molecule has 15 heteroatoms. The molecule has 1 heterocycles. The lowest BCUT2D eigenvalue weighted by molar-refractivity contribution is -0.159.